The topological polar surface area (TPSA) is 37.9 Å². The van der Waals surface area contributed by atoms with E-state index in [1.54, 1.807) is 5.57 Å². The van der Waals surface area contributed by atoms with Crippen LogP contribution in [0.1, 0.15) is 91.5 Å². The number of benzene rings is 1. The van der Waals surface area contributed by atoms with E-state index in [9.17, 15) is 0 Å². The van der Waals surface area contributed by atoms with Gasteiger partial charge in [0.25, 0.3) is 0 Å². The van der Waals surface area contributed by atoms with Gasteiger partial charge in [-0.25, -0.2) is 0 Å². The molecule has 2 aromatic rings. The van der Waals surface area contributed by atoms with E-state index in [-0.39, 0.29) is 5.60 Å². The summed E-state index contributed by atoms with van der Waals surface area (Å²) in [5.41, 5.74) is 5.00. The van der Waals surface area contributed by atoms with Gasteiger partial charge in [0.15, 0.2) is 0 Å². The van der Waals surface area contributed by atoms with Crippen molar-refractivity contribution in [3.63, 3.8) is 0 Å². The Morgan fingerprint density at radius 2 is 1.88 bits per heavy atom. The van der Waals surface area contributed by atoms with Gasteiger partial charge >= 0.3 is 0 Å². The standard InChI is InChI=1S/C30H42N2O/c1-28(2,3)33-22-12-14-29(4)21(17-22)7-8-23-25-10-9-24(30(25,5)15-13-26(23)29)19-6-11-27-20(16-19)18-31-32-27/h6,9,11,16,18,21-23,25-26H,7-8,10,12-15,17H2,1-5H3,(H,31,32)/t21-,22+,23-,25-,26-,29-,30+/m0/s1. The van der Waals surface area contributed by atoms with Crippen LogP contribution in [0.5, 0.6) is 0 Å². The third-order valence-electron chi connectivity index (χ3n) is 10.5. The average Bonchev–Trinajstić information content (AvgIpc) is 3.36. The van der Waals surface area contributed by atoms with Gasteiger partial charge in [0, 0.05) is 5.39 Å². The molecule has 178 valence electrons. The number of allylic oxidation sites excluding steroid dienone is 2. The first-order chi connectivity index (χ1) is 15.7. The van der Waals surface area contributed by atoms with Crippen LogP contribution in [0.25, 0.3) is 16.5 Å². The first-order valence-corrected chi connectivity index (χ1v) is 13.5. The molecule has 3 fully saturated rings. The molecule has 1 N–H and O–H groups in total. The maximum absolute atomic E-state index is 6.47. The fourth-order valence-corrected chi connectivity index (χ4v) is 8.95. The lowest BCUT2D eigenvalue weighted by molar-refractivity contribution is -0.148. The van der Waals surface area contributed by atoms with Crippen LogP contribution in [0, 0.1) is 34.5 Å². The zero-order chi connectivity index (χ0) is 23.0. The maximum atomic E-state index is 6.47. The van der Waals surface area contributed by atoms with Gasteiger partial charge in [-0.3, -0.25) is 5.10 Å². The zero-order valence-corrected chi connectivity index (χ0v) is 21.3. The third-order valence-corrected chi connectivity index (χ3v) is 10.5. The highest BCUT2D eigenvalue weighted by Crippen LogP contribution is 2.67. The van der Waals surface area contributed by atoms with Gasteiger partial charge in [-0.15, -0.1) is 0 Å². The maximum Gasteiger partial charge on any atom is 0.0650 e. The van der Waals surface area contributed by atoms with Crippen molar-refractivity contribution in [1.29, 1.82) is 0 Å². The van der Waals surface area contributed by atoms with E-state index in [0.29, 0.717) is 16.9 Å². The monoisotopic (exact) mass is 446 g/mol. The quantitative estimate of drug-likeness (QED) is 0.511. The second-order valence-electron chi connectivity index (χ2n) is 13.3. The number of hydrogen-bond acceptors (Lipinski definition) is 2. The SMILES string of the molecule is CC(C)(C)O[C@@H]1CC[C@@]2(C)[C@@H](CC[C@@H]3[C@@H]2CC[C@]2(C)C(c4ccc5[nH]ncc5c4)=CC[C@@H]32)C1. The molecule has 3 nitrogen and oxygen atoms in total. The molecule has 1 heterocycles. The summed E-state index contributed by atoms with van der Waals surface area (Å²) in [6.07, 6.45) is 15.8. The average molecular weight is 447 g/mol. The molecule has 33 heavy (non-hydrogen) atoms. The fraction of sp³-hybridized carbons (Fsp3) is 0.700. The Bertz CT molecular complexity index is 1080. The molecule has 0 aliphatic heterocycles. The van der Waals surface area contributed by atoms with Gasteiger partial charge < -0.3 is 4.74 Å². The number of ether oxygens (including phenoxy) is 1. The molecule has 0 unspecified atom stereocenters. The summed E-state index contributed by atoms with van der Waals surface area (Å²) < 4.78 is 6.47. The lowest BCUT2D eigenvalue weighted by Crippen LogP contribution is -2.54. The Hall–Kier alpha value is -1.61. The molecule has 3 saturated carbocycles. The fourth-order valence-electron chi connectivity index (χ4n) is 8.95. The second-order valence-corrected chi connectivity index (χ2v) is 13.3. The van der Waals surface area contributed by atoms with Gasteiger partial charge in [-0.2, -0.15) is 5.10 Å². The summed E-state index contributed by atoms with van der Waals surface area (Å²) in [4.78, 5) is 0. The first-order valence-electron chi connectivity index (χ1n) is 13.5. The van der Waals surface area contributed by atoms with Crippen LogP contribution in [-0.4, -0.2) is 21.9 Å². The van der Waals surface area contributed by atoms with Crippen LogP contribution in [0.2, 0.25) is 0 Å². The lowest BCUT2D eigenvalue weighted by atomic mass is 9.44. The number of hydrogen-bond donors (Lipinski definition) is 1. The highest BCUT2D eigenvalue weighted by atomic mass is 16.5. The van der Waals surface area contributed by atoms with Crippen LogP contribution in [0.15, 0.2) is 30.5 Å². The Morgan fingerprint density at radius 1 is 1.03 bits per heavy atom. The molecule has 7 atom stereocenters. The summed E-state index contributed by atoms with van der Waals surface area (Å²) in [5, 5.41) is 8.58. The van der Waals surface area contributed by atoms with Crippen molar-refractivity contribution < 1.29 is 4.74 Å². The number of nitrogens with one attached hydrogen (secondary N) is 1. The number of rotatable bonds is 2. The van der Waals surface area contributed by atoms with Crippen molar-refractivity contribution in [2.45, 2.75) is 97.7 Å². The number of fused-ring (bicyclic) bond motifs is 6. The minimum absolute atomic E-state index is 0.0202. The predicted octanol–water partition coefficient (Wildman–Crippen LogP) is 7.78. The minimum Gasteiger partial charge on any atom is -0.373 e. The summed E-state index contributed by atoms with van der Waals surface area (Å²) in [6.45, 7) is 11.9. The molecule has 0 spiro atoms. The van der Waals surface area contributed by atoms with E-state index in [2.05, 4.69) is 69.1 Å². The number of H-pyrrole nitrogens is 1. The Labute approximate surface area is 199 Å². The van der Waals surface area contributed by atoms with Crippen LogP contribution in [-0.2, 0) is 4.74 Å². The van der Waals surface area contributed by atoms with Crippen molar-refractivity contribution in [3.8, 4) is 0 Å². The predicted molar refractivity (Wildman–Crippen MR) is 136 cm³/mol. The van der Waals surface area contributed by atoms with E-state index in [4.69, 9.17) is 4.74 Å². The largest absolute Gasteiger partial charge is 0.373 e. The number of nitrogens with zero attached hydrogens (tertiary/aromatic N) is 1. The van der Waals surface area contributed by atoms with Crippen molar-refractivity contribution in [1.82, 2.24) is 10.2 Å². The van der Waals surface area contributed by atoms with Crippen molar-refractivity contribution in [2.75, 3.05) is 0 Å². The van der Waals surface area contributed by atoms with Crippen LogP contribution in [0.3, 0.4) is 0 Å². The van der Waals surface area contributed by atoms with E-state index < -0.39 is 0 Å². The van der Waals surface area contributed by atoms with Crippen LogP contribution >= 0.6 is 0 Å². The molecular weight excluding hydrogens is 404 g/mol. The highest BCUT2D eigenvalue weighted by Gasteiger charge is 2.58. The molecule has 4 aliphatic rings. The molecule has 6 rings (SSSR count). The molecule has 0 amide bonds. The molecule has 0 radical (unpaired) electrons. The molecular formula is C30H42N2O. The Kier molecular flexibility index (Phi) is 4.94. The summed E-state index contributed by atoms with van der Waals surface area (Å²) in [5.74, 6) is 3.44. The Balaban J connectivity index is 1.23. The lowest BCUT2D eigenvalue weighted by Gasteiger charge is -2.61. The summed E-state index contributed by atoms with van der Waals surface area (Å²) in [6, 6.07) is 6.89. The first kappa shape index (κ1) is 21.9. The summed E-state index contributed by atoms with van der Waals surface area (Å²) in [7, 11) is 0. The minimum atomic E-state index is -0.0202. The van der Waals surface area contributed by atoms with E-state index in [1.807, 2.05) is 6.20 Å². The highest BCUT2D eigenvalue weighted by molar-refractivity contribution is 5.84. The molecule has 4 aliphatic carbocycles. The molecule has 0 saturated heterocycles. The van der Waals surface area contributed by atoms with Crippen molar-refractivity contribution >= 4 is 16.5 Å². The van der Waals surface area contributed by atoms with Gasteiger partial charge in [-0.05, 0) is 130 Å². The zero-order valence-electron chi connectivity index (χ0n) is 21.3. The number of aromatic amines is 1. The van der Waals surface area contributed by atoms with E-state index in [1.165, 1.54) is 62.3 Å². The Morgan fingerprint density at radius 3 is 2.70 bits per heavy atom. The smallest absolute Gasteiger partial charge is 0.0650 e. The van der Waals surface area contributed by atoms with E-state index >= 15 is 0 Å². The molecule has 0 bridgehead atoms. The third kappa shape index (κ3) is 3.44. The molecule has 1 aromatic carbocycles. The van der Waals surface area contributed by atoms with Gasteiger partial charge in [0.2, 0.25) is 0 Å². The van der Waals surface area contributed by atoms with Crippen LogP contribution in [0.4, 0.5) is 0 Å². The molecule has 1 aromatic heterocycles. The molecule has 3 heteroatoms. The van der Waals surface area contributed by atoms with Crippen molar-refractivity contribution in [3.05, 3.63) is 36.0 Å². The van der Waals surface area contributed by atoms with E-state index in [0.717, 1.165) is 29.2 Å². The van der Waals surface area contributed by atoms with Crippen molar-refractivity contribution in [2.24, 2.45) is 34.5 Å². The normalized spacial score (nSPS) is 40.8. The van der Waals surface area contributed by atoms with Gasteiger partial charge in [-0.1, -0.05) is 26.0 Å². The van der Waals surface area contributed by atoms with Gasteiger partial charge in [0.05, 0.1) is 23.4 Å². The second kappa shape index (κ2) is 7.44. The van der Waals surface area contributed by atoms with Crippen LogP contribution < -0.4 is 0 Å². The van der Waals surface area contributed by atoms with Gasteiger partial charge in [0.1, 0.15) is 0 Å². The summed E-state index contributed by atoms with van der Waals surface area (Å²) >= 11 is 0. The number of aromatic nitrogens is 2.